The van der Waals surface area contributed by atoms with E-state index in [2.05, 4.69) is 10.6 Å². The Bertz CT molecular complexity index is 649. The third-order valence-corrected chi connectivity index (χ3v) is 4.37. The average Bonchev–Trinajstić information content (AvgIpc) is 3.13. The molecule has 6 heteroatoms. The predicted octanol–water partition coefficient (Wildman–Crippen LogP) is 2.33. The first kappa shape index (κ1) is 16.7. The van der Waals surface area contributed by atoms with Crippen molar-refractivity contribution in [3.8, 4) is 0 Å². The van der Waals surface area contributed by atoms with Crippen molar-refractivity contribution in [2.75, 3.05) is 19.8 Å². The highest BCUT2D eigenvalue weighted by Crippen LogP contribution is 2.32. The lowest BCUT2D eigenvalue weighted by Crippen LogP contribution is -2.50. The monoisotopic (exact) mass is 332 g/mol. The first-order chi connectivity index (χ1) is 11.7. The summed E-state index contributed by atoms with van der Waals surface area (Å²) in [6.45, 7) is 1.76. The molecule has 2 heterocycles. The molecule has 0 spiro atoms. The van der Waals surface area contributed by atoms with E-state index in [0.717, 1.165) is 18.4 Å². The molecule has 0 atom stereocenters. The predicted molar refractivity (Wildman–Crippen MR) is 86.7 cm³/mol. The van der Waals surface area contributed by atoms with Gasteiger partial charge in [0.05, 0.1) is 19.4 Å². The van der Waals surface area contributed by atoms with E-state index in [0.29, 0.717) is 25.5 Å². The zero-order valence-electron chi connectivity index (χ0n) is 13.4. The summed E-state index contributed by atoms with van der Waals surface area (Å²) in [6, 6.07) is 10.0. The Balaban J connectivity index is 1.62. The molecule has 1 amide bonds. The Morgan fingerprint density at radius 3 is 2.58 bits per heavy atom. The van der Waals surface area contributed by atoms with Gasteiger partial charge in [-0.2, -0.15) is 0 Å². The topological polar surface area (TPSA) is 63.5 Å². The zero-order valence-corrected chi connectivity index (χ0v) is 13.4. The van der Waals surface area contributed by atoms with Gasteiger partial charge in [0.25, 0.3) is 0 Å². The molecule has 128 valence electrons. The van der Waals surface area contributed by atoms with Crippen molar-refractivity contribution in [3.63, 3.8) is 0 Å². The summed E-state index contributed by atoms with van der Waals surface area (Å²) in [5.74, 6) is 0.333. The van der Waals surface area contributed by atoms with E-state index in [4.69, 9.17) is 9.15 Å². The van der Waals surface area contributed by atoms with Crippen molar-refractivity contribution in [1.82, 2.24) is 10.6 Å². The average molecular weight is 332 g/mol. The first-order valence-corrected chi connectivity index (χ1v) is 8.06. The molecule has 2 N–H and O–H groups in total. The van der Waals surface area contributed by atoms with Crippen LogP contribution < -0.4 is 10.6 Å². The van der Waals surface area contributed by atoms with Crippen LogP contribution in [-0.4, -0.2) is 25.7 Å². The number of carbonyl (C=O) groups excluding carboxylic acids is 1. The van der Waals surface area contributed by atoms with Crippen LogP contribution in [-0.2, 0) is 21.6 Å². The van der Waals surface area contributed by atoms with Crippen molar-refractivity contribution < 1.29 is 18.3 Å². The molecule has 1 aromatic heterocycles. The largest absolute Gasteiger partial charge is 0.467 e. The van der Waals surface area contributed by atoms with Crippen molar-refractivity contribution in [3.05, 3.63) is 59.8 Å². The maximum Gasteiger partial charge on any atom is 0.234 e. The van der Waals surface area contributed by atoms with Gasteiger partial charge in [0.2, 0.25) is 5.91 Å². The third kappa shape index (κ3) is 4.01. The molecule has 0 radical (unpaired) electrons. The van der Waals surface area contributed by atoms with E-state index < -0.39 is 0 Å². The fraction of sp³-hybridized carbons (Fsp3) is 0.389. The number of nitrogens with one attached hydrogen (secondary N) is 2. The van der Waals surface area contributed by atoms with Crippen LogP contribution in [0, 0.1) is 5.82 Å². The molecule has 1 aliphatic rings. The fourth-order valence-electron chi connectivity index (χ4n) is 2.97. The summed E-state index contributed by atoms with van der Waals surface area (Å²) < 4.78 is 23.8. The highest BCUT2D eigenvalue weighted by molar-refractivity contribution is 5.78. The summed E-state index contributed by atoms with van der Waals surface area (Å²) in [5.41, 5.74) is 0.611. The summed E-state index contributed by atoms with van der Waals surface area (Å²) in [6.07, 6.45) is 3.06. The number of hydrogen-bond acceptors (Lipinski definition) is 4. The van der Waals surface area contributed by atoms with Gasteiger partial charge in [-0.3, -0.25) is 10.1 Å². The molecule has 1 aliphatic heterocycles. The normalized spacial score (nSPS) is 16.7. The van der Waals surface area contributed by atoms with Crippen LogP contribution in [0.15, 0.2) is 47.1 Å². The number of ether oxygens (including phenoxy) is 1. The molecule has 0 aliphatic carbocycles. The highest BCUT2D eigenvalue weighted by atomic mass is 19.1. The van der Waals surface area contributed by atoms with E-state index in [1.807, 2.05) is 6.07 Å². The Morgan fingerprint density at radius 2 is 1.92 bits per heavy atom. The molecule has 2 aromatic rings. The molecular formula is C18H21FN2O3. The lowest BCUT2D eigenvalue weighted by atomic mass is 9.82. The minimum Gasteiger partial charge on any atom is -0.467 e. The number of hydrogen-bond donors (Lipinski definition) is 2. The summed E-state index contributed by atoms with van der Waals surface area (Å²) >= 11 is 0. The van der Waals surface area contributed by atoms with E-state index in [1.54, 1.807) is 24.5 Å². The van der Waals surface area contributed by atoms with Gasteiger partial charge < -0.3 is 14.5 Å². The quantitative estimate of drug-likeness (QED) is 0.852. The van der Waals surface area contributed by atoms with Crippen molar-refractivity contribution >= 4 is 5.91 Å². The Labute approximate surface area is 140 Å². The van der Waals surface area contributed by atoms with Crippen molar-refractivity contribution in [2.45, 2.75) is 24.9 Å². The number of furan rings is 1. The molecule has 1 saturated heterocycles. The van der Waals surface area contributed by atoms with Gasteiger partial charge in [-0.15, -0.1) is 0 Å². The molecule has 24 heavy (non-hydrogen) atoms. The summed E-state index contributed by atoms with van der Waals surface area (Å²) in [4.78, 5) is 12.1. The minimum absolute atomic E-state index is 0.112. The van der Waals surface area contributed by atoms with E-state index in [9.17, 15) is 9.18 Å². The maximum atomic E-state index is 13.2. The second kappa shape index (κ2) is 7.59. The van der Waals surface area contributed by atoms with Crippen molar-refractivity contribution in [1.29, 1.82) is 0 Å². The van der Waals surface area contributed by atoms with Gasteiger partial charge in [-0.1, -0.05) is 12.1 Å². The minimum atomic E-state index is -0.367. The Kier molecular flexibility index (Phi) is 5.27. The number of amides is 1. The number of halogens is 1. The second-order valence-corrected chi connectivity index (χ2v) is 5.91. The Morgan fingerprint density at radius 1 is 1.17 bits per heavy atom. The van der Waals surface area contributed by atoms with Crippen LogP contribution in [0.4, 0.5) is 4.39 Å². The zero-order chi connectivity index (χ0) is 16.8. The summed E-state index contributed by atoms with van der Waals surface area (Å²) in [5, 5.41) is 6.17. The number of carbonyl (C=O) groups is 1. The molecule has 1 fully saturated rings. The number of benzene rings is 1. The molecule has 1 aromatic carbocycles. The van der Waals surface area contributed by atoms with E-state index >= 15 is 0 Å². The van der Waals surface area contributed by atoms with Crippen LogP contribution in [0.2, 0.25) is 0 Å². The van der Waals surface area contributed by atoms with Gasteiger partial charge in [-0.05, 0) is 42.7 Å². The van der Waals surface area contributed by atoms with Gasteiger partial charge >= 0.3 is 0 Å². The highest BCUT2D eigenvalue weighted by Gasteiger charge is 2.34. The lowest BCUT2D eigenvalue weighted by molar-refractivity contribution is -0.121. The van der Waals surface area contributed by atoms with Crippen LogP contribution in [0.25, 0.3) is 0 Å². The molecule has 0 saturated carbocycles. The van der Waals surface area contributed by atoms with E-state index in [1.165, 1.54) is 12.1 Å². The van der Waals surface area contributed by atoms with Gasteiger partial charge in [0.1, 0.15) is 11.6 Å². The molecule has 5 nitrogen and oxygen atoms in total. The first-order valence-electron chi connectivity index (χ1n) is 8.06. The molecule has 0 bridgehead atoms. The fourth-order valence-corrected chi connectivity index (χ4v) is 2.97. The van der Waals surface area contributed by atoms with Crippen LogP contribution in [0.5, 0.6) is 0 Å². The molecule has 0 unspecified atom stereocenters. The number of rotatable bonds is 6. The molecular weight excluding hydrogens is 311 g/mol. The third-order valence-electron chi connectivity index (χ3n) is 4.37. The van der Waals surface area contributed by atoms with Crippen LogP contribution in [0.3, 0.4) is 0 Å². The van der Waals surface area contributed by atoms with Crippen LogP contribution >= 0.6 is 0 Å². The standard InChI is InChI=1S/C18H21FN2O3/c19-15-5-3-14(4-6-15)18(7-10-23-11-8-18)21-13-17(22)20-12-16-2-1-9-24-16/h1-6,9,21H,7-8,10-13H2,(H,20,22). The van der Waals surface area contributed by atoms with Crippen LogP contribution in [0.1, 0.15) is 24.2 Å². The Hall–Kier alpha value is -2.18. The smallest absolute Gasteiger partial charge is 0.234 e. The van der Waals surface area contributed by atoms with Gasteiger partial charge in [0.15, 0.2) is 0 Å². The second-order valence-electron chi connectivity index (χ2n) is 5.91. The lowest BCUT2D eigenvalue weighted by Gasteiger charge is -2.38. The van der Waals surface area contributed by atoms with E-state index in [-0.39, 0.29) is 23.8 Å². The SMILES string of the molecule is O=C(CNC1(c2ccc(F)cc2)CCOCC1)NCc1ccco1. The summed E-state index contributed by atoms with van der Waals surface area (Å²) in [7, 11) is 0. The maximum absolute atomic E-state index is 13.2. The van der Waals surface area contributed by atoms with Gasteiger partial charge in [0, 0.05) is 18.8 Å². The van der Waals surface area contributed by atoms with Gasteiger partial charge in [-0.25, -0.2) is 4.39 Å². The molecule has 3 rings (SSSR count). The van der Waals surface area contributed by atoms with Crippen molar-refractivity contribution in [2.24, 2.45) is 0 Å².